The first-order valence-corrected chi connectivity index (χ1v) is 7.01. The van der Waals surface area contributed by atoms with Crippen molar-refractivity contribution >= 4 is 5.82 Å². The van der Waals surface area contributed by atoms with Gasteiger partial charge in [-0.15, -0.1) is 0 Å². The second-order valence-electron chi connectivity index (χ2n) is 5.02. The van der Waals surface area contributed by atoms with Gasteiger partial charge in [-0.1, -0.05) is 30.3 Å². The van der Waals surface area contributed by atoms with Crippen LogP contribution >= 0.6 is 0 Å². The van der Waals surface area contributed by atoms with Crippen molar-refractivity contribution in [1.29, 1.82) is 5.26 Å². The number of aromatic nitrogens is 2. The fourth-order valence-electron chi connectivity index (χ4n) is 2.49. The van der Waals surface area contributed by atoms with Crippen molar-refractivity contribution in [1.82, 2.24) is 9.97 Å². The van der Waals surface area contributed by atoms with Gasteiger partial charge in [0, 0.05) is 6.54 Å². The molecule has 0 radical (unpaired) electrons. The predicted octanol–water partition coefficient (Wildman–Crippen LogP) is 2.68. The predicted molar refractivity (Wildman–Crippen MR) is 78.5 cm³/mol. The van der Waals surface area contributed by atoms with Crippen LogP contribution in [0.25, 0.3) is 0 Å². The van der Waals surface area contributed by atoms with Gasteiger partial charge in [-0.25, -0.2) is 4.98 Å². The van der Waals surface area contributed by atoms with Crippen LogP contribution in [0.5, 0.6) is 0 Å². The zero-order chi connectivity index (χ0) is 14.5. The van der Waals surface area contributed by atoms with E-state index in [9.17, 15) is 0 Å². The summed E-state index contributed by atoms with van der Waals surface area (Å²) in [6.07, 6.45) is 5.43. The second-order valence-corrected chi connectivity index (χ2v) is 5.02. The summed E-state index contributed by atoms with van der Waals surface area (Å²) in [6.45, 7) is 0.674. The van der Waals surface area contributed by atoms with Crippen molar-refractivity contribution in [2.45, 2.75) is 25.0 Å². The summed E-state index contributed by atoms with van der Waals surface area (Å²) >= 11 is 0. The molecule has 0 aliphatic carbocycles. The Balaban J connectivity index is 1.54. The molecule has 3 rings (SSSR count). The summed E-state index contributed by atoms with van der Waals surface area (Å²) in [6, 6.07) is 12.3. The normalized spacial score (nSPS) is 20.9. The molecule has 1 aromatic heterocycles. The van der Waals surface area contributed by atoms with Crippen LogP contribution in [0.1, 0.15) is 30.2 Å². The maximum atomic E-state index is 8.80. The Morgan fingerprint density at radius 1 is 1.24 bits per heavy atom. The summed E-state index contributed by atoms with van der Waals surface area (Å²) in [4.78, 5) is 8.11. The molecule has 1 aliphatic heterocycles. The summed E-state index contributed by atoms with van der Waals surface area (Å²) in [5, 5.41) is 12.0. The lowest BCUT2D eigenvalue weighted by molar-refractivity contribution is 0.0521. The largest absolute Gasteiger partial charge is 0.368 e. The van der Waals surface area contributed by atoms with E-state index in [4.69, 9.17) is 10.00 Å². The summed E-state index contributed by atoms with van der Waals surface area (Å²) in [7, 11) is 0. The topological polar surface area (TPSA) is 70.8 Å². The van der Waals surface area contributed by atoms with Crippen molar-refractivity contribution in [2.75, 3.05) is 11.9 Å². The van der Waals surface area contributed by atoms with Crippen LogP contribution < -0.4 is 5.32 Å². The Morgan fingerprint density at radius 2 is 2.10 bits per heavy atom. The number of anilines is 1. The molecule has 0 unspecified atom stereocenters. The monoisotopic (exact) mass is 280 g/mol. The number of rotatable bonds is 4. The summed E-state index contributed by atoms with van der Waals surface area (Å²) in [5.74, 6) is 0.612. The van der Waals surface area contributed by atoms with Crippen LogP contribution in [-0.4, -0.2) is 22.6 Å². The van der Waals surface area contributed by atoms with Gasteiger partial charge in [-0.2, -0.15) is 5.26 Å². The molecule has 1 N–H and O–H groups in total. The molecular weight excluding hydrogens is 264 g/mol. The van der Waals surface area contributed by atoms with Gasteiger partial charge in [0.2, 0.25) is 0 Å². The lowest BCUT2D eigenvalue weighted by atomic mass is 10.1. The molecule has 2 heterocycles. The maximum Gasteiger partial charge on any atom is 0.161 e. The standard InChI is InChI=1S/C16H16N4O/c17-8-13-9-18-11-16(20-13)19-10-14-6-7-15(21-14)12-4-2-1-3-5-12/h1-5,9,11,14-15H,6-7,10H2,(H,19,20)/t14-,15+/m1/s1. The molecule has 21 heavy (non-hydrogen) atoms. The Hall–Kier alpha value is -2.45. The summed E-state index contributed by atoms with van der Waals surface area (Å²) < 4.78 is 6.05. The van der Waals surface area contributed by atoms with Gasteiger partial charge in [-0.3, -0.25) is 4.98 Å². The molecule has 1 fully saturated rings. The van der Waals surface area contributed by atoms with Gasteiger partial charge in [0.05, 0.1) is 24.6 Å². The van der Waals surface area contributed by atoms with Crippen LogP contribution in [0.2, 0.25) is 0 Å². The zero-order valence-corrected chi connectivity index (χ0v) is 11.6. The summed E-state index contributed by atoms with van der Waals surface area (Å²) in [5.41, 5.74) is 1.54. The van der Waals surface area contributed by atoms with E-state index >= 15 is 0 Å². The van der Waals surface area contributed by atoms with Crippen LogP contribution in [0.15, 0.2) is 42.7 Å². The molecule has 0 spiro atoms. The van der Waals surface area contributed by atoms with Crippen molar-refractivity contribution in [3.63, 3.8) is 0 Å². The lowest BCUT2D eigenvalue weighted by Gasteiger charge is -2.14. The number of nitriles is 1. The average molecular weight is 280 g/mol. The van der Waals surface area contributed by atoms with Crippen molar-refractivity contribution in [2.24, 2.45) is 0 Å². The smallest absolute Gasteiger partial charge is 0.161 e. The molecule has 0 amide bonds. The molecule has 0 saturated carbocycles. The zero-order valence-electron chi connectivity index (χ0n) is 11.6. The van der Waals surface area contributed by atoms with E-state index in [0.717, 1.165) is 12.8 Å². The number of ether oxygens (including phenoxy) is 1. The number of hydrogen-bond donors (Lipinski definition) is 1. The molecule has 2 atom stereocenters. The van der Waals surface area contributed by atoms with Crippen molar-refractivity contribution in [3.8, 4) is 6.07 Å². The Morgan fingerprint density at radius 3 is 2.90 bits per heavy atom. The van der Waals surface area contributed by atoms with Gasteiger partial charge < -0.3 is 10.1 Å². The highest BCUT2D eigenvalue weighted by Crippen LogP contribution is 2.32. The third-order valence-corrected chi connectivity index (χ3v) is 3.54. The minimum Gasteiger partial charge on any atom is -0.368 e. The van der Waals surface area contributed by atoms with Crippen LogP contribution in [0, 0.1) is 11.3 Å². The molecule has 1 saturated heterocycles. The van der Waals surface area contributed by atoms with Gasteiger partial charge >= 0.3 is 0 Å². The lowest BCUT2D eigenvalue weighted by Crippen LogP contribution is -2.19. The molecule has 5 heteroatoms. The molecule has 106 valence electrons. The highest BCUT2D eigenvalue weighted by atomic mass is 16.5. The first-order valence-electron chi connectivity index (χ1n) is 7.01. The van der Waals surface area contributed by atoms with Crippen LogP contribution in [0.4, 0.5) is 5.82 Å². The third kappa shape index (κ3) is 3.36. The first-order chi connectivity index (χ1) is 10.3. The van der Waals surface area contributed by atoms with E-state index in [-0.39, 0.29) is 12.2 Å². The highest BCUT2D eigenvalue weighted by Gasteiger charge is 2.26. The molecule has 1 aromatic carbocycles. The fourth-order valence-corrected chi connectivity index (χ4v) is 2.49. The number of nitrogens with one attached hydrogen (secondary N) is 1. The van der Waals surface area contributed by atoms with Crippen LogP contribution in [-0.2, 0) is 4.74 Å². The molecular formula is C16H16N4O. The van der Waals surface area contributed by atoms with Gasteiger partial charge in [0.1, 0.15) is 11.9 Å². The van der Waals surface area contributed by atoms with E-state index in [2.05, 4.69) is 27.4 Å². The fraction of sp³-hybridized carbons (Fsp3) is 0.312. The molecule has 5 nitrogen and oxygen atoms in total. The highest BCUT2D eigenvalue weighted by molar-refractivity contribution is 5.34. The first kappa shape index (κ1) is 13.5. The second kappa shape index (κ2) is 6.33. The quantitative estimate of drug-likeness (QED) is 0.932. The van der Waals surface area contributed by atoms with E-state index in [1.54, 1.807) is 6.20 Å². The minimum atomic E-state index is 0.155. The van der Waals surface area contributed by atoms with E-state index < -0.39 is 0 Å². The Kier molecular flexibility index (Phi) is 4.08. The van der Waals surface area contributed by atoms with E-state index in [1.165, 1.54) is 11.8 Å². The number of hydrogen-bond acceptors (Lipinski definition) is 5. The maximum absolute atomic E-state index is 8.80. The number of nitrogens with zero attached hydrogens (tertiary/aromatic N) is 3. The molecule has 2 aromatic rings. The molecule has 1 aliphatic rings. The number of benzene rings is 1. The Bertz CT molecular complexity index is 638. The van der Waals surface area contributed by atoms with Crippen LogP contribution in [0.3, 0.4) is 0 Å². The van der Waals surface area contributed by atoms with Gasteiger partial charge in [-0.05, 0) is 18.4 Å². The van der Waals surface area contributed by atoms with Crippen molar-refractivity contribution in [3.05, 3.63) is 54.0 Å². The van der Waals surface area contributed by atoms with Crippen molar-refractivity contribution < 1.29 is 4.74 Å². The van der Waals surface area contributed by atoms with Gasteiger partial charge in [0.15, 0.2) is 5.69 Å². The van der Waals surface area contributed by atoms with Gasteiger partial charge in [0.25, 0.3) is 0 Å². The van der Waals surface area contributed by atoms with E-state index in [1.807, 2.05) is 24.3 Å². The minimum absolute atomic E-state index is 0.155. The average Bonchev–Trinajstić information content (AvgIpc) is 3.03. The third-order valence-electron chi connectivity index (χ3n) is 3.54. The SMILES string of the molecule is N#Cc1cncc(NC[C@H]2CC[C@@H](c3ccccc3)O2)n1. The van der Waals surface area contributed by atoms with E-state index in [0.29, 0.717) is 18.1 Å². The Labute approximate surface area is 123 Å². The molecule has 0 bridgehead atoms.